The van der Waals surface area contributed by atoms with Gasteiger partial charge in [0.05, 0.1) is 5.69 Å². The van der Waals surface area contributed by atoms with E-state index in [0.29, 0.717) is 27.9 Å². The van der Waals surface area contributed by atoms with Crippen LogP contribution in [0.25, 0.3) is 11.3 Å². The van der Waals surface area contributed by atoms with Crippen molar-refractivity contribution in [2.75, 3.05) is 12.1 Å². The number of nitrogens with zero attached hydrogens (tertiary/aromatic N) is 1. The first-order valence-corrected chi connectivity index (χ1v) is 8.76. The lowest BCUT2D eigenvalue weighted by atomic mass is 10.1. The molecule has 1 aliphatic heterocycles. The van der Waals surface area contributed by atoms with Crippen LogP contribution < -0.4 is 14.8 Å². The Kier molecular flexibility index (Phi) is 4.14. The molecule has 0 radical (unpaired) electrons. The van der Waals surface area contributed by atoms with Crippen LogP contribution in [0.1, 0.15) is 15.9 Å². The van der Waals surface area contributed by atoms with Crippen molar-refractivity contribution < 1.29 is 19.1 Å². The van der Waals surface area contributed by atoms with Crippen LogP contribution >= 0.6 is 11.3 Å². The zero-order chi connectivity index (χ0) is 18.1. The molecule has 0 fully saturated rings. The Bertz CT molecular complexity index is 995. The Morgan fingerprint density at radius 2 is 1.85 bits per heavy atom. The van der Waals surface area contributed by atoms with Crippen molar-refractivity contribution in [1.29, 1.82) is 0 Å². The van der Waals surface area contributed by atoms with Gasteiger partial charge in [-0.1, -0.05) is 29.8 Å². The minimum absolute atomic E-state index is 0.207. The van der Waals surface area contributed by atoms with Gasteiger partial charge in [0.25, 0.3) is 11.7 Å². The van der Waals surface area contributed by atoms with Gasteiger partial charge in [0.15, 0.2) is 16.6 Å². The summed E-state index contributed by atoms with van der Waals surface area (Å²) in [6.45, 7) is 2.12. The Hall–Kier alpha value is -3.19. The van der Waals surface area contributed by atoms with Crippen LogP contribution in [-0.4, -0.2) is 23.5 Å². The number of hydrogen-bond donors (Lipinski definition) is 1. The third kappa shape index (κ3) is 3.16. The predicted molar refractivity (Wildman–Crippen MR) is 97.8 cm³/mol. The second-order valence-electron chi connectivity index (χ2n) is 5.76. The number of nitrogens with one attached hydrogen (secondary N) is 1. The van der Waals surface area contributed by atoms with Gasteiger partial charge in [0.1, 0.15) is 0 Å². The largest absolute Gasteiger partial charge is 0.454 e. The van der Waals surface area contributed by atoms with E-state index in [4.69, 9.17) is 9.47 Å². The molecule has 3 aromatic rings. The molecule has 0 aliphatic carbocycles. The van der Waals surface area contributed by atoms with E-state index in [-0.39, 0.29) is 6.79 Å². The summed E-state index contributed by atoms with van der Waals surface area (Å²) in [7, 11) is 0. The van der Waals surface area contributed by atoms with Crippen LogP contribution in [0.4, 0.5) is 5.13 Å². The fourth-order valence-electron chi connectivity index (χ4n) is 2.51. The molecule has 130 valence electrons. The number of aromatic nitrogens is 1. The van der Waals surface area contributed by atoms with E-state index in [0.717, 1.165) is 11.1 Å². The number of carbonyl (C=O) groups is 2. The van der Waals surface area contributed by atoms with Crippen molar-refractivity contribution in [3.05, 3.63) is 59.0 Å². The van der Waals surface area contributed by atoms with Gasteiger partial charge in [-0.05, 0) is 25.1 Å². The van der Waals surface area contributed by atoms with Crippen LogP contribution in [-0.2, 0) is 4.79 Å². The van der Waals surface area contributed by atoms with Crippen LogP contribution in [0.5, 0.6) is 11.5 Å². The molecule has 1 aromatic heterocycles. The molecule has 4 rings (SSSR count). The number of anilines is 1. The minimum Gasteiger partial charge on any atom is -0.454 e. The van der Waals surface area contributed by atoms with Crippen LogP contribution in [0.3, 0.4) is 0 Å². The van der Waals surface area contributed by atoms with Gasteiger partial charge in [0.2, 0.25) is 6.79 Å². The zero-order valence-electron chi connectivity index (χ0n) is 13.8. The van der Waals surface area contributed by atoms with E-state index in [1.54, 1.807) is 24.3 Å². The van der Waals surface area contributed by atoms with Crippen LogP contribution in [0.15, 0.2) is 47.8 Å². The summed E-state index contributed by atoms with van der Waals surface area (Å²) in [5.41, 5.74) is 2.90. The highest BCUT2D eigenvalue weighted by atomic mass is 32.1. The Labute approximate surface area is 153 Å². The van der Waals surface area contributed by atoms with E-state index in [1.165, 1.54) is 11.3 Å². The first kappa shape index (κ1) is 16.3. The molecule has 1 amide bonds. The summed E-state index contributed by atoms with van der Waals surface area (Å²) in [4.78, 5) is 28.7. The normalized spacial score (nSPS) is 12.0. The van der Waals surface area contributed by atoms with Gasteiger partial charge in [-0.2, -0.15) is 0 Å². The molecule has 0 atom stereocenters. The number of thiazole rings is 1. The van der Waals surface area contributed by atoms with E-state index < -0.39 is 11.7 Å². The summed E-state index contributed by atoms with van der Waals surface area (Å²) in [6.07, 6.45) is 0. The molecule has 1 aliphatic rings. The molecular weight excluding hydrogens is 352 g/mol. The lowest BCUT2D eigenvalue weighted by Crippen LogP contribution is -2.22. The highest BCUT2D eigenvalue weighted by Gasteiger charge is 2.19. The molecule has 0 saturated heterocycles. The van der Waals surface area contributed by atoms with Crippen LogP contribution in [0.2, 0.25) is 0 Å². The Morgan fingerprint density at radius 3 is 2.65 bits per heavy atom. The van der Waals surface area contributed by atoms with Crippen molar-refractivity contribution in [3.63, 3.8) is 0 Å². The predicted octanol–water partition coefficient (Wildman–Crippen LogP) is 3.67. The molecule has 0 unspecified atom stereocenters. The number of fused-ring (bicyclic) bond motifs is 1. The van der Waals surface area contributed by atoms with Crippen molar-refractivity contribution in [2.45, 2.75) is 6.92 Å². The standard InChI is InChI=1S/C19H14N2O4S/c1-11-2-4-12(5-3-11)17(22)18(23)21-19-20-14(9-26-19)13-6-7-15-16(8-13)25-10-24-15/h2-9H,10H2,1H3,(H,20,21,23). The lowest BCUT2D eigenvalue weighted by molar-refractivity contribution is -0.112. The maximum Gasteiger partial charge on any atom is 0.298 e. The highest BCUT2D eigenvalue weighted by molar-refractivity contribution is 7.14. The number of carbonyl (C=O) groups excluding carboxylic acids is 2. The zero-order valence-corrected chi connectivity index (χ0v) is 14.6. The van der Waals surface area contributed by atoms with Crippen molar-refractivity contribution >= 4 is 28.2 Å². The molecule has 1 N–H and O–H groups in total. The van der Waals surface area contributed by atoms with Gasteiger partial charge >= 0.3 is 0 Å². The third-order valence-electron chi connectivity index (χ3n) is 3.91. The third-order valence-corrected chi connectivity index (χ3v) is 4.67. The topological polar surface area (TPSA) is 77.5 Å². The highest BCUT2D eigenvalue weighted by Crippen LogP contribution is 2.36. The van der Waals surface area contributed by atoms with Gasteiger partial charge in [-0.3, -0.25) is 14.9 Å². The molecule has 0 bridgehead atoms. The van der Waals surface area contributed by atoms with E-state index in [2.05, 4.69) is 10.3 Å². The van der Waals surface area contributed by atoms with Crippen molar-refractivity contribution in [1.82, 2.24) is 4.98 Å². The Balaban J connectivity index is 1.49. The number of ether oxygens (including phenoxy) is 2. The number of amides is 1. The average molecular weight is 366 g/mol. The van der Waals surface area contributed by atoms with E-state index >= 15 is 0 Å². The summed E-state index contributed by atoms with van der Waals surface area (Å²) in [5.74, 6) is 0.0575. The second kappa shape index (κ2) is 6.61. The first-order chi connectivity index (χ1) is 12.6. The molecule has 26 heavy (non-hydrogen) atoms. The number of aryl methyl sites for hydroxylation is 1. The number of rotatable bonds is 4. The van der Waals surface area contributed by atoms with Gasteiger partial charge in [-0.15, -0.1) is 11.3 Å². The van der Waals surface area contributed by atoms with E-state index in [1.807, 2.05) is 30.5 Å². The van der Waals surface area contributed by atoms with Crippen molar-refractivity contribution in [2.24, 2.45) is 0 Å². The fourth-order valence-corrected chi connectivity index (χ4v) is 3.22. The second-order valence-corrected chi connectivity index (χ2v) is 6.61. The molecular formula is C19H14N2O4S. The average Bonchev–Trinajstić information content (AvgIpc) is 3.30. The van der Waals surface area contributed by atoms with Gasteiger partial charge in [-0.25, -0.2) is 4.98 Å². The number of hydrogen-bond acceptors (Lipinski definition) is 6. The van der Waals surface area contributed by atoms with Crippen molar-refractivity contribution in [3.8, 4) is 22.8 Å². The maximum absolute atomic E-state index is 12.2. The summed E-state index contributed by atoms with van der Waals surface area (Å²) in [6, 6.07) is 12.4. The summed E-state index contributed by atoms with van der Waals surface area (Å²) >= 11 is 1.25. The van der Waals surface area contributed by atoms with Gasteiger partial charge < -0.3 is 9.47 Å². The SMILES string of the molecule is Cc1ccc(C(=O)C(=O)Nc2nc(-c3ccc4c(c3)OCO4)cs2)cc1. The monoisotopic (exact) mass is 366 g/mol. The lowest BCUT2D eigenvalue weighted by Gasteiger charge is -2.02. The Morgan fingerprint density at radius 1 is 1.08 bits per heavy atom. The summed E-state index contributed by atoms with van der Waals surface area (Å²) in [5, 5.41) is 4.73. The smallest absolute Gasteiger partial charge is 0.298 e. The number of Topliss-reactive ketones (excluding diaryl/α,β-unsaturated/α-hetero) is 1. The number of benzene rings is 2. The molecule has 2 heterocycles. The minimum atomic E-state index is -0.708. The number of ketones is 1. The molecule has 6 nitrogen and oxygen atoms in total. The first-order valence-electron chi connectivity index (χ1n) is 7.88. The summed E-state index contributed by atoms with van der Waals surface area (Å²) < 4.78 is 10.6. The molecule has 0 saturated carbocycles. The molecule has 0 spiro atoms. The quantitative estimate of drug-likeness (QED) is 0.563. The molecule has 2 aromatic carbocycles. The van der Waals surface area contributed by atoms with Gasteiger partial charge in [0, 0.05) is 16.5 Å². The fraction of sp³-hybridized carbons (Fsp3) is 0.105. The molecule has 7 heteroatoms. The maximum atomic E-state index is 12.2. The van der Waals surface area contributed by atoms with Crippen LogP contribution in [0, 0.1) is 6.92 Å². The van der Waals surface area contributed by atoms with E-state index in [9.17, 15) is 9.59 Å².